The van der Waals surface area contributed by atoms with Crippen LogP contribution >= 0.6 is 11.3 Å². The predicted octanol–water partition coefficient (Wildman–Crippen LogP) is 25.2. The number of fused-ring (bicyclic) bond motifs is 16. The van der Waals surface area contributed by atoms with Crippen LogP contribution < -0.4 is 0 Å². The van der Waals surface area contributed by atoms with Gasteiger partial charge in [0.1, 0.15) is 11.2 Å². The van der Waals surface area contributed by atoms with Crippen LogP contribution in [0.1, 0.15) is 0 Å². The summed E-state index contributed by atoms with van der Waals surface area (Å²) in [4.78, 5) is 0. The van der Waals surface area contributed by atoms with Gasteiger partial charge in [0.05, 0.1) is 0 Å². The summed E-state index contributed by atoms with van der Waals surface area (Å²) in [6, 6.07) is 113. The number of thiophene rings is 1. The van der Waals surface area contributed by atoms with Crippen molar-refractivity contribution in [2.75, 3.05) is 0 Å². The Morgan fingerprint density at radius 3 is 1.28 bits per heavy atom. The minimum atomic E-state index is 0.883. The molecular weight excluding hydrogens is 1080 g/mol. The van der Waals surface area contributed by atoms with E-state index in [-0.39, 0.29) is 0 Å². The van der Waals surface area contributed by atoms with Gasteiger partial charge in [-0.15, -0.1) is 11.3 Å². The third-order valence-electron chi connectivity index (χ3n) is 19.0. The summed E-state index contributed by atoms with van der Waals surface area (Å²) in [6.07, 6.45) is 0. The molecule has 0 aliphatic heterocycles. The fourth-order valence-corrected chi connectivity index (χ4v) is 16.3. The van der Waals surface area contributed by atoms with Crippen molar-refractivity contribution in [1.82, 2.24) is 0 Å². The van der Waals surface area contributed by atoms with Gasteiger partial charge in [-0.1, -0.05) is 255 Å². The quantitative estimate of drug-likeness (QED) is 0.119. The van der Waals surface area contributed by atoms with Crippen LogP contribution in [0.2, 0.25) is 0 Å². The highest BCUT2D eigenvalue weighted by molar-refractivity contribution is 7.26. The zero-order chi connectivity index (χ0) is 57.6. The molecule has 2 heterocycles. The molecule has 0 amide bonds. The summed E-state index contributed by atoms with van der Waals surface area (Å²) in [7, 11) is 0. The second-order valence-electron chi connectivity index (χ2n) is 23.7. The molecule has 406 valence electrons. The van der Waals surface area contributed by atoms with Crippen molar-refractivity contribution in [3.05, 3.63) is 303 Å². The van der Waals surface area contributed by atoms with E-state index in [1.54, 1.807) is 0 Å². The average Bonchev–Trinajstić information content (AvgIpc) is 1.37. The first-order valence-electron chi connectivity index (χ1n) is 30.4. The lowest BCUT2D eigenvalue weighted by molar-refractivity contribution is 0.669. The molecule has 2 heteroatoms. The summed E-state index contributed by atoms with van der Waals surface area (Å²) in [6.45, 7) is 0. The van der Waals surface area contributed by atoms with E-state index >= 15 is 0 Å². The minimum absolute atomic E-state index is 0.883. The number of rotatable bonds is 6. The average molecular weight is 1130 g/mol. The number of furan rings is 1. The Kier molecular flexibility index (Phi) is 10.7. The van der Waals surface area contributed by atoms with Crippen LogP contribution in [0.3, 0.4) is 0 Å². The van der Waals surface area contributed by atoms with Crippen molar-refractivity contribution in [1.29, 1.82) is 0 Å². The van der Waals surface area contributed by atoms with E-state index in [4.69, 9.17) is 4.42 Å². The number of hydrogen-bond donors (Lipinski definition) is 0. The van der Waals surface area contributed by atoms with Crippen LogP contribution in [0.5, 0.6) is 0 Å². The molecule has 0 bridgehead atoms. The second-order valence-corrected chi connectivity index (χ2v) is 24.7. The Bertz CT molecular complexity index is 6060. The van der Waals surface area contributed by atoms with Crippen molar-refractivity contribution in [2.45, 2.75) is 0 Å². The molecule has 19 aromatic rings. The van der Waals surface area contributed by atoms with Crippen molar-refractivity contribution in [2.24, 2.45) is 0 Å². The Labute approximate surface area is 510 Å². The SMILES string of the molecule is c1ccc(-c2c3ccccc3c(-c3cccc(-c4ccc5sc6c7cccc(-c8cccc9cc%10c(cc89)oc8ccc(-c9c%11ccccc%11c(-c%11ccc%12ccc%13ccccc%13c%12c%11)c%11ccccc9%11)cc8%10)c7ccc6c5c4)c3)c3ccccc23)cc1. The monoisotopic (exact) mass is 1130 g/mol. The van der Waals surface area contributed by atoms with Crippen molar-refractivity contribution in [3.8, 4) is 66.8 Å². The molecule has 2 aromatic heterocycles. The molecule has 0 atom stereocenters. The van der Waals surface area contributed by atoms with Gasteiger partial charge in [-0.05, 0) is 196 Å². The van der Waals surface area contributed by atoms with E-state index in [0.717, 1.165) is 21.9 Å². The summed E-state index contributed by atoms with van der Waals surface area (Å²) in [5, 5.41) is 24.7. The van der Waals surface area contributed by atoms with Crippen LogP contribution in [0.15, 0.2) is 308 Å². The standard InChI is InChI=1S/C86H50OS/c1-2-18-53(19-3-1)82-64-24-6-8-26-66(64)83(67-27-9-7-25-65(67)82)57-22-14-20-54(45-57)55-40-44-81-78(46-55)73-42-41-63-61(33-16-34-72(63)86(73)88-81)62-32-15-21-56-47-77-76-49-59(39-43-79(76)87-80(77)50-75(56)62)85-70-30-12-10-28-68(70)84(69-29-11-13-31-71(69)85)58-38-37-52-36-35-51-17-4-5-23-60(51)74(52)48-58/h1-50H. The lowest BCUT2D eigenvalue weighted by Crippen LogP contribution is -1.91. The molecule has 0 spiro atoms. The van der Waals surface area contributed by atoms with Gasteiger partial charge < -0.3 is 4.42 Å². The van der Waals surface area contributed by atoms with Gasteiger partial charge >= 0.3 is 0 Å². The lowest BCUT2D eigenvalue weighted by atomic mass is 9.85. The van der Waals surface area contributed by atoms with E-state index in [2.05, 4.69) is 303 Å². The topological polar surface area (TPSA) is 13.1 Å². The van der Waals surface area contributed by atoms with Gasteiger partial charge in [0.15, 0.2) is 0 Å². The smallest absolute Gasteiger partial charge is 0.136 e. The van der Waals surface area contributed by atoms with Crippen LogP contribution in [-0.2, 0) is 0 Å². The van der Waals surface area contributed by atoms with E-state index in [1.807, 2.05) is 11.3 Å². The van der Waals surface area contributed by atoms with E-state index in [0.29, 0.717) is 0 Å². The largest absolute Gasteiger partial charge is 0.456 e. The maximum Gasteiger partial charge on any atom is 0.136 e. The summed E-state index contributed by atoms with van der Waals surface area (Å²) >= 11 is 1.89. The predicted molar refractivity (Wildman–Crippen MR) is 379 cm³/mol. The van der Waals surface area contributed by atoms with Gasteiger partial charge in [-0.2, -0.15) is 0 Å². The van der Waals surface area contributed by atoms with E-state index < -0.39 is 0 Å². The second kappa shape index (κ2) is 19.2. The maximum atomic E-state index is 6.86. The Morgan fingerprint density at radius 1 is 0.193 bits per heavy atom. The molecular formula is C86H50OS. The highest BCUT2D eigenvalue weighted by Crippen LogP contribution is 2.49. The van der Waals surface area contributed by atoms with E-state index in [9.17, 15) is 0 Å². The molecule has 19 rings (SSSR count). The molecule has 0 fully saturated rings. The first kappa shape index (κ1) is 49.1. The molecule has 17 aromatic carbocycles. The summed E-state index contributed by atoms with van der Waals surface area (Å²) < 4.78 is 9.46. The van der Waals surface area contributed by atoms with Crippen LogP contribution in [0, 0.1) is 0 Å². The van der Waals surface area contributed by atoms with E-state index in [1.165, 1.54) is 173 Å². The first-order chi connectivity index (χ1) is 43.6. The molecule has 88 heavy (non-hydrogen) atoms. The highest BCUT2D eigenvalue weighted by atomic mass is 32.1. The van der Waals surface area contributed by atoms with Crippen LogP contribution in [0.4, 0.5) is 0 Å². The lowest BCUT2D eigenvalue weighted by Gasteiger charge is -2.18. The summed E-state index contributed by atoms with van der Waals surface area (Å²) in [5.74, 6) is 0. The third kappa shape index (κ3) is 7.40. The molecule has 1 nitrogen and oxygen atoms in total. The highest BCUT2D eigenvalue weighted by Gasteiger charge is 2.22. The van der Waals surface area contributed by atoms with Crippen molar-refractivity contribution < 1.29 is 4.42 Å². The Balaban J connectivity index is 0.701. The third-order valence-corrected chi connectivity index (χ3v) is 20.2. The van der Waals surface area contributed by atoms with Gasteiger partial charge in [0.25, 0.3) is 0 Å². The fraction of sp³-hybridized carbons (Fsp3) is 0. The molecule has 0 aliphatic rings. The molecule has 0 unspecified atom stereocenters. The zero-order valence-corrected chi connectivity index (χ0v) is 48.5. The van der Waals surface area contributed by atoms with Crippen LogP contribution in [0.25, 0.3) is 195 Å². The summed E-state index contributed by atoms with van der Waals surface area (Å²) in [5.41, 5.74) is 16.5. The number of benzene rings is 17. The molecule has 0 saturated carbocycles. The normalized spacial score (nSPS) is 12.1. The van der Waals surface area contributed by atoms with Crippen LogP contribution in [-0.4, -0.2) is 0 Å². The Morgan fingerprint density at radius 2 is 0.614 bits per heavy atom. The molecule has 0 aliphatic carbocycles. The van der Waals surface area contributed by atoms with Gasteiger partial charge in [-0.25, -0.2) is 0 Å². The van der Waals surface area contributed by atoms with Crippen molar-refractivity contribution in [3.63, 3.8) is 0 Å². The van der Waals surface area contributed by atoms with Gasteiger partial charge in [-0.3, -0.25) is 0 Å². The fourth-order valence-electron chi connectivity index (χ4n) is 15.1. The maximum absolute atomic E-state index is 6.86. The van der Waals surface area contributed by atoms with Gasteiger partial charge in [0, 0.05) is 36.3 Å². The minimum Gasteiger partial charge on any atom is -0.456 e. The Hall–Kier alpha value is -11.2. The number of hydrogen-bond acceptors (Lipinski definition) is 2. The van der Waals surface area contributed by atoms with Crippen molar-refractivity contribution >= 4 is 140 Å². The zero-order valence-electron chi connectivity index (χ0n) is 47.7. The molecule has 0 radical (unpaired) electrons. The molecule has 0 N–H and O–H groups in total. The molecule has 0 saturated heterocycles. The first-order valence-corrected chi connectivity index (χ1v) is 31.2. The van der Waals surface area contributed by atoms with Gasteiger partial charge in [0.2, 0.25) is 0 Å².